The van der Waals surface area contributed by atoms with Gasteiger partial charge in [0.25, 0.3) is 0 Å². The molecule has 0 bridgehead atoms. The molecule has 0 nitrogen and oxygen atoms in total. The molecule has 1 aliphatic rings. The molecule has 0 heterocycles. The number of halogens is 7. The van der Waals surface area contributed by atoms with Crippen LogP contribution in [0, 0.1) is 10.5 Å². The van der Waals surface area contributed by atoms with Gasteiger partial charge in [-0.15, -0.1) is 0 Å². The number of hydrogen-bond donors (Lipinski definition) is 0. The van der Waals surface area contributed by atoms with E-state index in [-0.39, 0.29) is 21.2 Å². The van der Waals surface area contributed by atoms with Crippen molar-refractivity contribution >= 4 is 23.2 Å². The van der Waals surface area contributed by atoms with E-state index in [1.165, 1.54) is 15.6 Å². The van der Waals surface area contributed by atoms with Gasteiger partial charge in [-0.2, -0.15) is 0 Å². The Morgan fingerprint density at radius 3 is 2.12 bits per heavy atom. The van der Waals surface area contributed by atoms with Crippen molar-refractivity contribution < 1.29 is 42.9 Å². The molecule has 136 valence electrons. The van der Waals surface area contributed by atoms with Crippen molar-refractivity contribution in [2.75, 3.05) is 0 Å². The second kappa shape index (κ2) is 10.1. The van der Waals surface area contributed by atoms with Crippen molar-refractivity contribution in [1.29, 1.82) is 0 Å². The summed E-state index contributed by atoms with van der Waals surface area (Å²) in [6, 6.07) is 8.67. The third kappa shape index (κ3) is 10.7. The predicted molar refractivity (Wildman–Crippen MR) is 88.6 cm³/mol. The zero-order chi connectivity index (χ0) is 18.2. The van der Waals surface area contributed by atoms with Gasteiger partial charge in [-0.3, -0.25) is 0 Å². The van der Waals surface area contributed by atoms with Gasteiger partial charge in [0.15, 0.2) is 7.65 Å². The van der Waals surface area contributed by atoms with Crippen LogP contribution in [0.1, 0.15) is 44.1 Å². The van der Waals surface area contributed by atoms with Crippen LogP contribution in [0.4, 0.5) is 21.7 Å². The number of aryl methyl sites for hydroxylation is 1. The van der Waals surface area contributed by atoms with E-state index in [2.05, 4.69) is 51.2 Å². The van der Waals surface area contributed by atoms with Crippen LogP contribution in [-0.4, -0.2) is 12.9 Å². The normalized spacial score (nSPS) is 17.9. The average molecular weight is 525 g/mol. The zero-order valence-electron chi connectivity index (χ0n) is 13.4. The highest BCUT2D eigenvalue weighted by molar-refractivity contribution is 9.11. The molecule has 2 rings (SSSR count). The largest absolute Gasteiger partial charge is 0.673 e. The molecule has 0 N–H and O–H groups in total. The first-order chi connectivity index (χ1) is 11.1. The first-order valence-electron chi connectivity index (χ1n) is 7.68. The Morgan fingerprint density at radius 2 is 1.62 bits per heavy atom. The first-order valence-corrected chi connectivity index (χ1v) is 10.8. The SMILES string of the molecule is Cc1ccc([I+]/C=C(/Br)CC2(F)CCCCC2)cc1.F[B-](F)(F)F. The van der Waals surface area contributed by atoms with Gasteiger partial charge < -0.3 is 17.3 Å². The molecule has 1 aromatic carbocycles. The van der Waals surface area contributed by atoms with Gasteiger partial charge in [0, 0.05) is 10.9 Å². The summed E-state index contributed by atoms with van der Waals surface area (Å²) >= 11 is 3.42. The topological polar surface area (TPSA) is 0 Å². The van der Waals surface area contributed by atoms with Crippen LogP contribution in [0.25, 0.3) is 0 Å². The molecule has 0 atom stereocenters. The summed E-state index contributed by atoms with van der Waals surface area (Å²) in [6.45, 7) is 2.10. The smallest absolute Gasteiger partial charge is 0.418 e. The molecule has 0 aliphatic heterocycles. The Morgan fingerprint density at radius 1 is 1.12 bits per heavy atom. The molecule has 0 spiro atoms. The van der Waals surface area contributed by atoms with E-state index >= 15 is 0 Å². The van der Waals surface area contributed by atoms with Crippen molar-refractivity contribution in [1.82, 2.24) is 0 Å². The van der Waals surface area contributed by atoms with E-state index in [0.29, 0.717) is 6.42 Å². The van der Waals surface area contributed by atoms with E-state index < -0.39 is 12.9 Å². The Balaban J connectivity index is 0.000000505. The van der Waals surface area contributed by atoms with E-state index in [9.17, 15) is 21.7 Å². The monoisotopic (exact) mass is 524 g/mol. The van der Waals surface area contributed by atoms with Gasteiger partial charge in [0.05, 0.1) is 0 Å². The van der Waals surface area contributed by atoms with Gasteiger partial charge >= 0.3 is 28.5 Å². The number of alkyl halides is 1. The molecule has 0 unspecified atom stereocenters. The Hall–Kier alpha value is -0.115. The second-order valence-corrected chi connectivity index (χ2v) is 9.35. The van der Waals surface area contributed by atoms with Crippen LogP contribution in [0.15, 0.2) is 32.8 Å². The van der Waals surface area contributed by atoms with Crippen LogP contribution >= 0.6 is 15.9 Å². The summed E-state index contributed by atoms with van der Waals surface area (Å²) in [5.41, 5.74) is 0.339. The van der Waals surface area contributed by atoms with Gasteiger partial charge in [0.2, 0.25) is 0 Å². The summed E-state index contributed by atoms with van der Waals surface area (Å²) in [6.07, 6.45) is 5.33. The van der Waals surface area contributed by atoms with Crippen LogP contribution in [0.5, 0.6) is 0 Å². The summed E-state index contributed by atoms with van der Waals surface area (Å²) in [5.74, 6) is 0. The highest BCUT2D eigenvalue weighted by Crippen LogP contribution is 2.37. The minimum atomic E-state index is -6.00. The highest BCUT2D eigenvalue weighted by atomic mass is 127. The number of rotatable bonds is 4. The molecular weight excluding hydrogens is 505 g/mol. The Labute approximate surface area is 158 Å². The predicted octanol–water partition coefficient (Wildman–Crippen LogP) is 3.85. The van der Waals surface area contributed by atoms with Crippen LogP contribution < -0.4 is 21.2 Å². The molecule has 0 radical (unpaired) electrons. The van der Waals surface area contributed by atoms with Crippen LogP contribution in [0.3, 0.4) is 0 Å². The summed E-state index contributed by atoms with van der Waals surface area (Å²) in [5, 5.41) is 0. The molecule has 0 saturated heterocycles. The van der Waals surface area contributed by atoms with Gasteiger partial charge in [0.1, 0.15) is 5.67 Å². The van der Waals surface area contributed by atoms with E-state index in [1.54, 1.807) is 0 Å². The fourth-order valence-electron chi connectivity index (χ4n) is 2.43. The van der Waals surface area contributed by atoms with Crippen LogP contribution in [0.2, 0.25) is 0 Å². The molecule has 1 fully saturated rings. The van der Waals surface area contributed by atoms with Crippen molar-refractivity contribution in [3.63, 3.8) is 0 Å². The fraction of sp³-hybridized carbons (Fsp3) is 0.500. The number of hydrogen-bond acceptors (Lipinski definition) is 0. The maximum absolute atomic E-state index is 14.5. The molecule has 1 aliphatic carbocycles. The van der Waals surface area contributed by atoms with Gasteiger partial charge in [-0.05, 0) is 31.9 Å². The molecule has 1 aromatic rings. The van der Waals surface area contributed by atoms with Crippen molar-refractivity contribution in [2.45, 2.75) is 51.1 Å². The average Bonchev–Trinajstić information content (AvgIpc) is 2.45. The first kappa shape index (κ1) is 21.9. The maximum atomic E-state index is 14.5. The lowest BCUT2D eigenvalue weighted by molar-refractivity contribution is -0.557. The summed E-state index contributed by atoms with van der Waals surface area (Å²) in [7, 11) is -6.00. The second-order valence-electron chi connectivity index (χ2n) is 5.84. The molecule has 24 heavy (non-hydrogen) atoms. The molecule has 1 saturated carbocycles. The minimum absolute atomic E-state index is 0.154. The quantitative estimate of drug-likeness (QED) is 0.319. The molecule has 8 heteroatoms. The van der Waals surface area contributed by atoms with Crippen molar-refractivity contribution in [3.8, 4) is 0 Å². The zero-order valence-corrected chi connectivity index (χ0v) is 17.1. The number of allylic oxidation sites excluding steroid dienone is 1. The number of benzene rings is 1. The van der Waals surface area contributed by atoms with Crippen LogP contribution in [-0.2, 0) is 0 Å². The summed E-state index contributed by atoms with van der Waals surface area (Å²) in [4.78, 5) is 0. The lowest BCUT2D eigenvalue weighted by Gasteiger charge is -2.28. The standard InChI is InChI=1S/C16H20BrFI.BF4/c1-13-5-7-15(8-6-13)19-12-14(17)11-16(18)9-3-2-4-10-16;2-1(3,4)5/h5-8,12H,2-4,9-11H2,1H3;/q+1;-1/b14-12+;. The van der Waals surface area contributed by atoms with Gasteiger partial charge in [-0.1, -0.05) is 52.9 Å². The lowest BCUT2D eigenvalue weighted by Crippen LogP contribution is -3.59. The van der Waals surface area contributed by atoms with Gasteiger partial charge in [-0.25, -0.2) is 4.39 Å². The van der Waals surface area contributed by atoms with E-state index in [1.807, 2.05) is 0 Å². The molecular formula is C16H20BBrF5I. The van der Waals surface area contributed by atoms with E-state index in [0.717, 1.165) is 30.2 Å². The van der Waals surface area contributed by atoms with Crippen molar-refractivity contribution in [2.24, 2.45) is 0 Å². The lowest BCUT2D eigenvalue weighted by atomic mass is 9.84. The maximum Gasteiger partial charge on any atom is 0.673 e. The fourth-order valence-corrected chi connectivity index (χ4v) is 5.21. The summed E-state index contributed by atoms with van der Waals surface area (Å²) < 4.78 is 58.2. The third-order valence-electron chi connectivity index (χ3n) is 3.55. The third-order valence-corrected chi connectivity index (χ3v) is 7.41. The molecule has 0 amide bonds. The van der Waals surface area contributed by atoms with E-state index in [4.69, 9.17) is 0 Å². The minimum Gasteiger partial charge on any atom is -0.418 e. The van der Waals surface area contributed by atoms with Crippen molar-refractivity contribution in [3.05, 3.63) is 42.0 Å². The Bertz CT molecular complexity index is 518. The Kier molecular flexibility index (Phi) is 9.26. The highest BCUT2D eigenvalue weighted by Gasteiger charge is 2.32. The molecule has 0 aromatic heterocycles.